The molecule has 2 saturated heterocycles. The van der Waals surface area contributed by atoms with Gasteiger partial charge in [0.25, 0.3) is 0 Å². The van der Waals surface area contributed by atoms with Crippen molar-refractivity contribution in [3.8, 4) is 0 Å². The zero-order valence-corrected chi connectivity index (χ0v) is 19.1. The summed E-state index contributed by atoms with van der Waals surface area (Å²) < 4.78 is 5.85. The zero-order valence-electron chi connectivity index (χ0n) is 19.1. The molecular weight excluding hydrogens is 388 g/mol. The van der Waals surface area contributed by atoms with E-state index in [0.717, 1.165) is 45.4 Å². The Hall–Kier alpha value is -1.85. The van der Waals surface area contributed by atoms with Gasteiger partial charge in [0, 0.05) is 56.2 Å². The Morgan fingerprint density at radius 3 is 2.74 bits per heavy atom. The van der Waals surface area contributed by atoms with Gasteiger partial charge in [-0.3, -0.25) is 9.69 Å². The van der Waals surface area contributed by atoms with Gasteiger partial charge in [0.2, 0.25) is 0 Å². The highest BCUT2D eigenvalue weighted by molar-refractivity contribution is 5.76. The number of carbonyl (C=O) groups is 1. The van der Waals surface area contributed by atoms with Gasteiger partial charge in [-0.05, 0) is 43.4 Å². The van der Waals surface area contributed by atoms with Crippen LogP contribution in [-0.4, -0.2) is 60.9 Å². The second-order valence-electron chi connectivity index (χ2n) is 10.4. The summed E-state index contributed by atoms with van der Waals surface area (Å²) in [5.41, 5.74) is 3.64. The number of ether oxygens (including phenoxy) is 1. The minimum atomic E-state index is -0.516. The third-order valence-electron chi connectivity index (χ3n) is 8.76. The number of anilines is 1. The van der Waals surface area contributed by atoms with Crippen molar-refractivity contribution in [3.63, 3.8) is 0 Å². The Morgan fingerprint density at radius 2 is 2.00 bits per heavy atom. The van der Waals surface area contributed by atoms with Crippen LogP contribution < -0.4 is 4.90 Å². The summed E-state index contributed by atoms with van der Waals surface area (Å²) in [6.07, 6.45) is 4.59. The highest BCUT2D eigenvalue weighted by atomic mass is 16.6. The fraction of sp³-hybridized carbons (Fsp3) is 0.654. The number of aryl methyl sites for hydroxylation is 1. The number of aliphatic hydroxyl groups excluding tert-OH is 1. The Bertz CT molecular complexity index is 875. The lowest BCUT2D eigenvalue weighted by molar-refractivity contribution is -0.145. The average molecular weight is 425 g/mol. The molecule has 5 rings (SSSR count). The molecule has 2 heterocycles. The van der Waals surface area contributed by atoms with Crippen molar-refractivity contribution in [3.05, 3.63) is 41.5 Å². The molecule has 5 nitrogen and oxygen atoms in total. The summed E-state index contributed by atoms with van der Waals surface area (Å²) in [4.78, 5) is 17.7. The van der Waals surface area contributed by atoms with Gasteiger partial charge in [-0.25, -0.2) is 0 Å². The highest BCUT2D eigenvalue weighted by Crippen LogP contribution is 2.56. The first kappa shape index (κ1) is 21.0. The third kappa shape index (κ3) is 3.50. The molecule has 2 aliphatic carbocycles. The summed E-state index contributed by atoms with van der Waals surface area (Å²) in [5.74, 6) is 0.00589. The van der Waals surface area contributed by atoms with Gasteiger partial charge in [-0.1, -0.05) is 37.6 Å². The Kier molecular flexibility index (Phi) is 5.38. The number of carbonyl (C=O) groups excluding carboxylic acids is 1. The van der Waals surface area contributed by atoms with Crippen LogP contribution in [0.3, 0.4) is 0 Å². The molecule has 31 heavy (non-hydrogen) atoms. The number of hydrogen-bond donors (Lipinski definition) is 1. The first-order valence-corrected chi connectivity index (χ1v) is 12.0. The van der Waals surface area contributed by atoms with E-state index in [-0.39, 0.29) is 29.3 Å². The van der Waals surface area contributed by atoms with E-state index in [4.69, 9.17) is 4.74 Å². The number of rotatable bonds is 3. The van der Waals surface area contributed by atoms with Gasteiger partial charge in [0.05, 0.1) is 12.0 Å². The van der Waals surface area contributed by atoms with Gasteiger partial charge >= 0.3 is 5.97 Å². The van der Waals surface area contributed by atoms with Crippen molar-refractivity contribution in [2.45, 2.75) is 52.2 Å². The molecule has 168 valence electrons. The normalized spacial score (nSPS) is 38.3. The van der Waals surface area contributed by atoms with Crippen LogP contribution in [0.4, 0.5) is 5.69 Å². The standard InChI is InChI=1S/C26H36N2O3/c1-17-6-4-9-20(14-17)28-12-10-27(11-13-28)16-21-23-22(31-25(21)30)15-19-8-5-7-18(2)26(19,3)24(23)29/h4,6,8-9,14,18,21-24,29H,5,7,10-13,15-16H2,1-3H3/t18-,21+,22-,23-,24-,26-/m1/s1. The first-order valence-electron chi connectivity index (χ1n) is 12.0. The van der Waals surface area contributed by atoms with Crippen LogP contribution >= 0.6 is 0 Å². The summed E-state index contributed by atoms with van der Waals surface area (Å²) >= 11 is 0. The number of allylic oxidation sites excluding steroid dienone is 1. The first-order chi connectivity index (χ1) is 14.9. The number of aliphatic hydroxyl groups is 1. The van der Waals surface area contributed by atoms with Crippen LogP contribution in [-0.2, 0) is 9.53 Å². The van der Waals surface area contributed by atoms with E-state index in [1.165, 1.54) is 16.8 Å². The number of esters is 1. The molecule has 3 fully saturated rings. The Balaban J connectivity index is 1.28. The SMILES string of the molecule is Cc1cccc(N2CCN(C[C@@H]3C(=O)O[C@@H]4CC5=CCC[C@@H](C)[C@@]5(C)[C@H](O)[C@H]34)CC2)c1. The second-order valence-corrected chi connectivity index (χ2v) is 10.4. The van der Waals surface area contributed by atoms with E-state index in [2.05, 4.69) is 60.9 Å². The van der Waals surface area contributed by atoms with Crippen molar-refractivity contribution in [2.24, 2.45) is 23.2 Å². The van der Waals surface area contributed by atoms with Crippen molar-refractivity contribution >= 4 is 11.7 Å². The molecule has 1 N–H and O–H groups in total. The van der Waals surface area contributed by atoms with E-state index >= 15 is 0 Å². The zero-order chi connectivity index (χ0) is 21.8. The molecule has 0 aromatic heterocycles. The summed E-state index contributed by atoms with van der Waals surface area (Å²) in [6, 6.07) is 8.67. The molecule has 1 aromatic rings. The Labute approximate surface area is 186 Å². The monoisotopic (exact) mass is 424 g/mol. The van der Waals surface area contributed by atoms with Gasteiger partial charge in [0.15, 0.2) is 0 Å². The molecule has 5 heteroatoms. The molecule has 0 unspecified atom stereocenters. The summed E-state index contributed by atoms with van der Waals surface area (Å²) in [7, 11) is 0. The van der Waals surface area contributed by atoms with Crippen molar-refractivity contribution in [2.75, 3.05) is 37.6 Å². The molecule has 1 saturated carbocycles. The lowest BCUT2D eigenvalue weighted by Crippen LogP contribution is -2.55. The fourth-order valence-electron chi connectivity index (χ4n) is 6.57. The second kappa shape index (κ2) is 7.93. The van der Waals surface area contributed by atoms with E-state index in [9.17, 15) is 9.90 Å². The maximum atomic E-state index is 12.9. The summed E-state index contributed by atoms with van der Waals surface area (Å²) in [5, 5.41) is 11.5. The molecule has 2 aliphatic heterocycles. The van der Waals surface area contributed by atoms with Crippen LogP contribution in [0.2, 0.25) is 0 Å². The molecule has 0 radical (unpaired) electrons. The lowest BCUT2D eigenvalue weighted by atomic mass is 9.55. The number of nitrogens with zero attached hydrogens (tertiary/aromatic N) is 2. The van der Waals surface area contributed by atoms with Gasteiger partial charge in [-0.15, -0.1) is 0 Å². The topological polar surface area (TPSA) is 53.0 Å². The van der Waals surface area contributed by atoms with Gasteiger partial charge in [-0.2, -0.15) is 0 Å². The van der Waals surface area contributed by atoms with Crippen LogP contribution in [0.25, 0.3) is 0 Å². The van der Waals surface area contributed by atoms with E-state index in [1.807, 2.05) is 0 Å². The molecule has 4 aliphatic rings. The number of fused-ring (bicyclic) bond motifs is 2. The number of benzene rings is 1. The van der Waals surface area contributed by atoms with Crippen LogP contribution in [0.1, 0.15) is 38.7 Å². The maximum Gasteiger partial charge on any atom is 0.311 e. The molecule has 0 spiro atoms. The predicted molar refractivity (Wildman–Crippen MR) is 122 cm³/mol. The van der Waals surface area contributed by atoms with E-state index in [1.54, 1.807) is 0 Å². The van der Waals surface area contributed by atoms with Gasteiger partial charge in [0.1, 0.15) is 6.10 Å². The number of hydrogen-bond acceptors (Lipinski definition) is 5. The Morgan fingerprint density at radius 1 is 1.23 bits per heavy atom. The minimum absolute atomic E-state index is 0.0926. The molecule has 0 bridgehead atoms. The van der Waals surface area contributed by atoms with Crippen molar-refractivity contribution in [1.29, 1.82) is 0 Å². The highest BCUT2D eigenvalue weighted by Gasteiger charge is 2.59. The summed E-state index contributed by atoms with van der Waals surface area (Å²) in [6.45, 7) is 11.1. The molecular formula is C26H36N2O3. The van der Waals surface area contributed by atoms with Gasteiger partial charge < -0.3 is 14.7 Å². The van der Waals surface area contributed by atoms with Crippen LogP contribution in [0.15, 0.2) is 35.9 Å². The van der Waals surface area contributed by atoms with E-state index < -0.39 is 6.10 Å². The number of piperazine rings is 1. The fourth-order valence-corrected chi connectivity index (χ4v) is 6.57. The smallest absolute Gasteiger partial charge is 0.311 e. The largest absolute Gasteiger partial charge is 0.461 e. The maximum absolute atomic E-state index is 12.9. The van der Waals surface area contributed by atoms with E-state index in [0.29, 0.717) is 12.5 Å². The molecule has 6 atom stereocenters. The van der Waals surface area contributed by atoms with Crippen molar-refractivity contribution in [1.82, 2.24) is 4.90 Å². The molecule has 1 aromatic carbocycles. The van der Waals surface area contributed by atoms with Crippen LogP contribution in [0.5, 0.6) is 0 Å². The lowest BCUT2D eigenvalue weighted by Gasteiger charge is -2.52. The predicted octanol–water partition coefficient (Wildman–Crippen LogP) is 3.40. The van der Waals surface area contributed by atoms with Crippen LogP contribution in [0, 0.1) is 30.1 Å². The average Bonchev–Trinajstić information content (AvgIpc) is 3.06. The minimum Gasteiger partial charge on any atom is -0.461 e. The molecule has 0 amide bonds. The third-order valence-corrected chi connectivity index (χ3v) is 8.76. The quantitative estimate of drug-likeness (QED) is 0.595. The van der Waals surface area contributed by atoms with Crippen molar-refractivity contribution < 1.29 is 14.6 Å².